The van der Waals surface area contributed by atoms with Gasteiger partial charge in [0, 0.05) is 29.7 Å². The lowest BCUT2D eigenvalue weighted by Gasteiger charge is -2.25. The van der Waals surface area contributed by atoms with E-state index in [1.54, 1.807) is 7.11 Å². The van der Waals surface area contributed by atoms with E-state index in [9.17, 15) is 9.90 Å². The van der Waals surface area contributed by atoms with E-state index in [0.29, 0.717) is 25.0 Å². The van der Waals surface area contributed by atoms with Crippen LogP contribution in [0.25, 0.3) is 22.3 Å². The molecule has 5 rings (SSSR count). The second-order valence-corrected chi connectivity index (χ2v) is 7.34. The van der Waals surface area contributed by atoms with Crippen molar-refractivity contribution in [1.82, 2.24) is 9.55 Å². The topological polar surface area (TPSA) is 90.4 Å². The normalized spacial score (nSPS) is 18.4. The summed E-state index contributed by atoms with van der Waals surface area (Å²) in [5.74, 6) is 0. The number of aliphatic hydroxyl groups is 1. The van der Waals surface area contributed by atoms with Crippen LogP contribution in [0.2, 0.25) is 0 Å². The van der Waals surface area contributed by atoms with Crippen LogP contribution >= 0.6 is 0 Å². The van der Waals surface area contributed by atoms with Gasteiger partial charge < -0.3 is 24.9 Å². The fourth-order valence-electron chi connectivity index (χ4n) is 4.67. The third kappa shape index (κ3) is 2.24. The summed E-state index contributed by atoms with van der Waals surface area (Å²) >= 11 is 0. The van der Waals surface area contributed by atoms with Crippen molar-refractivity contribution in [3.8, 4) is 11.4 Å². The Morgan fingerprint density at radius 3 is 3.11 bits per heavy atom. The first-order chi connectivity index (χ1) is 13.1. The molecule has 27 heavy (non-hydrogen) atoms. The average Bonchev–Trinajstić information content (AvgIpc) is 3.21. The Hall–Kier alpha value is -2.54. The van der Waals surface area contributed by atoms with Gasteiger partial charge in [0.05, 0.1) is 35.8 Å². The molecule has 0 amide bonds. The number of hydrogen-bond acceptors (Lipinski definition) is 5. The molecule has 1 aliphatic heterocycles. The fraction of sp³-hybridized carbons (Fsp3) is 0.333. The van der Waals surface area contributed by atoms with Crippen LogP contribution in [0, 0.1) is 0 Å². The molecule has 138 valence electrons. The number of aldehydes is 1. The van der Waals surface area contributed by atoms with E-state index < -0.39 is 6.10 Å². The molecule has 3 aromatic rings. The maximum atomic E-state index is 11.2. The highest BCUT2D eigenvalue weighted by Gasteiger charge is 2.33. The van der Waals surface area contributed by atoms with Gasteiger partial charge in [-0.25, -0.2) is 4.98 Å². The molecule has 0 bridgehead atoms. The van der Waals surface area contributed by atoms with Gasteiger partial charge in [-0.05, 0) is 36.1 Å². The summed E-state index contributed by atoms with van der Waals surface area (Å²) in [4.78, 5) is 16.1. The van der Waals surface area contributed by atoms with Crippen molar-refractivity contribution in [2.45, 2.75) is 38.1 Å². The van der Waals surface area contributed by atoms with Gasteiger partial charge in [-0.2, -0.15) is 0 Å². The minimum atomic E-state index is -1.16. The molecular formula is C21H21N3O3. The van der Waals surface area contributed by atoms with E-state index in [-0.39, 0.29) is 6.04 Å². The molecule has 2 aliphatic rings. The Bertz CT molecular complexity index is 1090. The second-order valence-electron chi connectivity index (χ2n) is 7.34. The molecule has 2 atom stereocenters. The second kappa shape index (κ2) is 5.99. The van der Waals surface area contributed by atoms with Crippen molar-refractivity contribution in [2.24, 2.45) is 5.73 Å². The van der Waals surface area contributed by atoms with Gasteiger partial charge in [-0.1, -0.05) is 12.1 Å². The third-order valence-corrected chi connectivity index (χ3v) is 5.87. The first kappa shape index (κ1) is 16.6. The van der Waals surface area contributed by atoms with Crippen molar-refractivity contribution in [1.29, 1.82) is 0 Å². The number of methoxy groups -OCH3 is 1. The summed E-state index contributed by atoms with van der Waals surface area (Å²) < 4.78 is 7.43. The fourth-order valence-corrected chi connectivity index (χ4v) is 4.67. The molecule has 3 N–H and O–H groups in total. The number of pyridine rings is 1. The van der Waals surface area contributed by atoms with Gasteiger partial charge in [0.1, 0.15) is 6.10 Å². The van der Waals surface area contributed by atoms with Gasteiger partial charge in [0.25, 0.3) is 0 Å². The molecular weight excluding hydrogens is 342 g/mol. The standard InChI is InChI=1S/C21H21N3O3/c1-27-10-17-12(18(26)9-25)7-16-21-13(8-24(16)17)20-14(22)6-5-11-3-2-4-15(23-21)19(11)20/h2-4,7,9,14,18,26H,5-6,8,10,22H2,1H3. The molecule has 0 fully saturated rings. The maximum Gasteiger partial charge on any atom is 0.153 e. The van der Waals surface area contributed by atoms with Crippen LogP contribution in [-0.2, 0) is 29.1 Å². The molecule has 3 heterocycles. The van der Waals surface area contributed by atoms with Gasteiger partial charge >= 0.3 is 0 Å². The summed E-state index contributed by atoms with van der Waals surface area (Å²) in [6, 6.07) is 8.10. The maximum absolute atomic E-state index is 11.2. The number of nitrogens with zero attached hydrogens (tertiary/aromatic N) is 2. The number of carbonyl (C=O) groups excluding carboxylic acids is 1. The van der Waals surface area contributed by atoms with Crippen LogP contribution < -0.4 is 5.73 Å². The lowest BCUT2D eigenvalue weighted by atomic mass is 9.84. The van der Waals surface area contributed by atoms with E-state index in [4.69, 9.17) is 15.5 Å². The van der Waals surface area contributed by atoms with Gasteiger partial charge in [-0.3, -0.25) is 0 Å². The van der Waals surface area contributed by atoms with Gasteiger partial charge in [-0.15, -0.1) is 0 Å². The molecule has 1 aromatic carbocycles. The number of carbonyl (C=O) groups is 1. The smallest absolute Gasteiger partial charge is 0.153 e. The molecule has 6 nitrogen and oxygen atoms in total. The largest absolute Gasteiger partial charge is 0.381 e. The number of aryl methyl sites for hydroxylation is 1. The van der Waals surface area contributed by atoms with Crippen molar-refractivity contribution >= 4 is 17.2 Å². The molecule has 1 aliphatic carbocycles. The summed E-state index contributed by atoms with van der Waals surface area (Å²) in [5, 5.41) is 11.3. The van der Waals surface area contributed by atoms with Gasteiger partial charge in [0.15, 0.2) is 6.29 Å². The zero-order valence-electron chi connectivity index (χ0n) is 15.1. The van der Waals surface area contributed by atoms with Crippen LogP contribution in [0.1, 0.15) is 46.5 Å². The Morgan fingerprint density at radius 2 is 2.33 bits per heavy atom. The highest BCUT2D eigenvalue weighted by molar-refractivity contribution is 5.92. The number of ether oxygens (including phenoxy) is 1. The summed E-state index contributed by atoms with van der Waals surface area (Å²) in [6.45, 7) is 0.954. The van der Waals surface area contributed by atoms with Crippen LogP contribution in [0.15, 0.2) is 24.3 Å². The molecule has 0 spiro atoms. The summed E-state index contributed by atoms with van der Waals surface area (Å²) in [5.41, 5.74) is 14.3. The van der Waals surface area contributed by atoms with Crippen LogP contribution in [0.4, 0.5) is 0 Å². The number of rotatable bonds is 4. The lowest BCUT2D eigenvalue weighted by Crippen LogP contribution is -2.19. The van der Waals surface area contributed by atoms with Crippen molar-refractivity contribution < 1.29 is 14.6 Å². The number of aliphatic hydroxyl groups excluding tert-OH is 1. The number of fused-ring (bicyclic) bond motifs is 4. The van der Waals surface area contributed by atoms with Gasteiger partial charge in [0.2, 0.25) is 0 Å². The predicted octanol–water partition coefficient (Wildman–Crippen LogP) is 2.39. The first-order valence-corrected chi connectivity index (χ1v) is 9.19. The SMILES string of the molecule is COCc1c(C(O)C=O)cc2n1Cc1c-2nc2cccc3c2c1C(N)CC3. The Balaban J connectivity index is 1.79. The Kier molecular flexibility index (Phi) is 3.69. The predicted molar refractivity (Wildman–Crippen MR) is 101 cm³/mol. The minimum absolute atomic E-state index is 0.00494. The Labute approximate surface area is 156 Å². The zero-order valence-corrected chi connectivity index (χ0v) is 15.1. The molecule has 2 aromatic heterocycles. The Morgan fingerprint density at radius 1 is 1.48 bits per heavy atom. The quantitative estimate of drug-likeness (QED) is 0.543. The highest BCUT2D eigenvalue weighted by atomic mass is 16.5. The van der Waals surface area contributed by atoms with E-state index in [2.05, 4.69) is 10.6 Å². The molecule has 0 saturated carbocycles. The third-order valence-electron chi connectivity index (χ3n) is 5.87. The zero-order chi connectivity index (χ0) is 18.7. The summed E-state index contributed by atoms with van der Waals surface area (Å²) in [7, 11) is 1.61. The number of aromatic nitrogens is 2. The number of hydrogen-bond donors (Lipinski definition) is 2. The average molecular weight is 363 g/mol. The number of benzene rings is 1. The molecule has 2 unspecified atom stereocenters. The molecule has 0 saturated heterocycles. The minimum Gasteiger partial charge on any atom is -0.381 e. The first-order valence-electron chi connectivity index (χ1n) is 9.19. The number of nitrogens with two attached hydrogens (primary N) is 1. The van der Waals surface area contributed by atoms with Crippen molar-refractivity contribution in [3.63, 3.8) is 0 Å². The van der Waals surface area contributed by atoms with Crippen molar-refractivity contribution in [2.75, 3.05) is 7.11 Å². The van der Waals surface area contributed by atoms with Crippen LogP contribution in [0.3, 0.4) is 0 Å². The molecule has 0 radical (unpaired) electrons. The molecule has 6 heteroatoms. The van der Waals surface area contributed by atoms with Crippen LogP contribution in [-0.4, -0.2) is 28.1 Å². The highest BCUT2D eigenvalue weighted by Crippen LogP contribution is 2.44. The van der Waals surface area contributed by atoms with E-state index in [0.717, 1.165) is 41.0 Å². The van der Waals surface area contributed by atoms with E-state index >= 15 is 0 Å². The van der Waals surface area contributed by atoms with E-state index in [1.165, 1.54) is 16.5 Å². The monoisotopic (exact) mass is 363 g/mol. The lowest BCUT2D eigenvalue weighted by molar-refractivity contribution is -0.115. The van der Waals surface area contributed by atoms with Crippen LogP contribution in [0.5, 0.6) is 0 Å². The van der Waals surface area contributed by atoms with E-state index in [1.807, 2.05) is 18.2 Å². The van der Waals surface area contributed by atoms with Crippen molar-refractivity contribution in [3.05, 3.63) is 52.2 Å². The summed E-state index contributed by atoms with van der Waals surface area (Å²) in [6.07, 6.45) is 1.29.